The van der Waals surface area contributed by atoms with E-state index in [9.17, 15) is 24.0 Å². The molecule has 0 aromatic carbocycles. The van der Waals surface area contributed by atoms with Crippen molar-refractivity contribution < 1.29 is 24.0 Å². The average Bonchev–Trinajstić information content (AvgIpc) is 2.61. The number of hydrogen-bond acceptors (Lipinski definition) is 6. The van der Waals surface area contributed by atoms with E-state index < -0.39 is 0 Å². The molecule has 29 heavy (non-hydrogen) atoms. The van der Waals surface area contributed by atoms with Crippen LogP contribution in [0, 0.1) is 5.92 Å². The zero-order valence-corrected chi connectivity index (χ0v) is 18.0. The lowest BCUT2D eigenvalue weighted by molar-refractivity contribution is -0.124. The SMILES string of the molecule is CC(=O)CCC(C)CC(=O)NC(CC=O)CCCNC(=O)CC(N)CCC(C)=O. The Kier molecular flexibility index (Phi) is 14.7. The van der Waals surface area contributed by atoms with Crippen LogP contribution in [0.5, 0.6) is 0 Å². The molecule has 0 rings (SSSR count). The molecule has 0 saturated heterocycles. The molecule has 8 nitrogen and oxygen atoms in total. The monoisotopic (exact) mass is 411 g/mol. The van der Waals surface area contributed by atoms with Crippen molar-refractivity contribution in [2.75, 3.05) is 6.54 Å². The number of amides is 2. The Hall–Kier alpha value is -2.09. The predicted octanol–water partition coefficient (Wildman–Crippen LogP) is 1.44. The van der Waals surface area contributed by atoms with Crippen LogP contribution in [0.25, 0.3) is 0 Å². The number of hydrogen-bond donors (Lipinski definition) is 3. The first-order valence-corrected chi connectivity index (χ1v) is 10.4. The van der Waals surface area contributed by atoms with Crippen LogP contribution in [-0.2, 0) is 24.0 Å². The molecule has 0 saturated carbocycles. The van der Waals surface area contributed by atoms with Gasteiger partial charge in [-0.25, -0.2) is 0 Å². The van der Waals surface area contributed by atoms with Crippen molar-refractivity contribution >= 4 is 29.7 Å². The van der Waals surface area contributed by atoms with Gasteiger partial charge in [0.2, 0.25) is 11.8 Å². The minimum absolute atomic E-state index is 0.0531. The predicted molar refractivity (Wildman–Crippen MR) is 111 cm³/mol. The number of nitrogens with one attached hydrogen (secondary N) is 2. The highest BCUT2D eigenvalue weighted by molar-refractivity contribution is 5.78. The standard InChI is InChI=1S/C21H37N3O5/c1-15(6-7-16(2)26)13-21(29)24-19(10-12-25)5-4-11-23-20(28)14-18(22)9-8-17(3)27/h12,15,18-19H,4-11,13-14,22H2,1-3H3,(H,23,28)(H,24,29). The lowest BCUT2D eigenvalue weighted by Crippen LogP contribution is -2.37. The van der Waals surface area contributed by atoms with Gasteiger partial charge in [-0.3, -0.25) is 9.59 Å². The van der Waals surface area contributed by atoms with E-state index in [0.29, 0.717) is 51.5 Å². The third kappa shape index (κ3) is 16.6. The van der Waals surface area contributed by atoms with Crippen LogP contribution in [0.2, 0.25) is 0 Å². The third-order valence-electron chi connectivity index (χ3n) is 4.64. The smallest absolute Gasteiger partial charge is 0.221 e. The van der Waals surface area contributed by atoms with Crippen LogP contribution < -0.4 is 16.4 Å². The molecule has 3 unspecified atom stereocenters. The van der Waals surface area contributed by atoms with Gasteiger partial charge in [0.05, 0.1) is 0 Å². The Morgan fingerprint density at radius 1 is 0.931 bits per heavy atom. The van der Waals surface area contributed by atoms with Gasteiger partial charge >= 0.3 is 0 Å². The summed E-state index contributed by atoms with van der Waals surface area (Å²) >= 11 is 0. The second-order valence-corrected chi connectivity index (χ2v) is 7.91. The molecular formula is C21H37N3O5. The molecule has 0 aliphatic carbocycles. The van der Waals surface area contributed by atoms with Gasteiger partial charge in [-0.2, -0.15) is 0 Å². The van der Waals surface area contributed by atoms with Crippen molar-refractivity contribution in [3.8, 4) is 0 Å². The van der Waals surface area contributed by atoms with Gasteiger partial charge in [0.25, 0.3) is 0 Å². The van der Waals surface area contributed by atoms with Crippen molar-refractivity contribution in [3.63, 3.8) is 0 Å². The van der Waals surface area contributed by atoms with E-state index in [2.05, 4.69) is 10.6 Å². The maximum Gasteiger partial charge on any atom is 0.221 e. The second kappa shape index (κ2) is 15.8. The Bertz CT molecular complexity index is 550. The Morgan fingerprint density at radius 2 is 1.55 bits per heavy atom. The lowest BCUT2D eigenvalue weighted by atomic mass is 9.99. The Morgan fingerprint density at radius 3 is 2.14 bits per heavy atom. The van der Waals surface area contributed by atoms with E-state index in [-0.39, 0.29) is 54.2 Å². The number of carbonyl (C=O) groups excluding carboxylic acids is 5. The summed E-state index contributed by atoms with van der Waals surface area (Å²) < 4.78 is 0. The van der Waals surface area contributed by atoms with Crippen molar-refractivity contribution in [3.05, 3.63) is 0 Å². The minimum atomic E-state index is -0.342. The Labute approximate surface area is 173 Å². The van der Waals surface area contributed by atoms with E-state index >= 15 is 0 Å². The summed E-state index contributed by atoms with van der Waals surface area (Å²) in [4.78, 5) is 56.8. The largest absolute Gasteiger partial charge is 0.356 e. The first-order valence-electron chi connectivity index (χ1n) is 10.4. The van der Waals surface area contributed by atoms with Gasteiger partial charge in [-0.15, -0.1) is 0 Å². The van der Waals surface area contributed by atoms with Crippen LogP contribution in [0.3, 0.4) is 0 Å². The van der Waals surface area contributed by atoms with Crippen molar-refractivity contribution in [2.24, 2.45) is 11.7 Å². The van der Waals surface area contributed by atoms with Gasteiger partial charge in [0.15, 0.2) is 0 Å². The topological polar surface area (TPSA) is 135 Å². The molecule has 8 heteroatoms. The fourth-order valence-electron chi connectivity index (χ4n) is 2.90. The molecule has 166 valence electrons. The fourth-order valence-corrected chi connectivity index (χ4v) is 2.90. The molecule has 4 N–H and O–H groups in total. The summed E-state index contributed by atoms with van der Waals surface area (Å²) in [7, 11) is 0. The molecule has 2 amide bonds. The molecule has 0 aliphatic heterocycles. The number of Topliss-reactive ketones (excluding diaryl/α,β-unsaturated/α-hetero) is 2. The number of nitrogens with two attached hydrogens (primary N) is 1. The molecule has 0 aliphatic rings. The number of ketones is 2. The molecule has 0 aromatic rings. The lowest BCUT2D eigenvalue weighted by Gasteiger charge is -2.18. The van der Waals surface area contributed by atoms with Crippen LogP contribution >= 0.6 is 0 Å². The summed E-state index contributed by atoms with van der Waals surface area (Å²) in [6.45, 7) is 5.38. The molecule has 0 fully saturated rings. The number of aldehydes is 1. The summed E-state index contributed by atoms with van der Waals surface area (Å²) in [5, 5.41) is 5.64. The van der Waals surface area contributed by atoms with Crippen LogP contribution in [0.4, 0.5) is 0 Å². The number of rotatable bonds is 17. The van der Waals surface area contributed by atoms with Crippen molar-refractivity contribution in [2.45, 2.75) is 90.6 Å². The average molecular weight is 412 g/mol. The minimum Gasteiger partial charge on any atom is -0.356 e. The number of carbonyl (C=O) groups is 5. The molecule has 0 bridgehead atoms. The van der Waals surface area contributed by atoms with E-state index in [4.69, 9.17) is 5.73 Å². The first kappa shape index (κ1) is 26.9. The summed E-state index contributed by atoms with van der Waals surface area (Å²) in [6, 6.07) is -0.610. The third-order valence-corrected chi connectivity index (χ3v) is 4.64. The fraction of sp³-hybridized carbons (Fsp3) is 0.762. The molecular weight excluding hydrogens is 374 g/mol. The van der Waals surface area contributed by atoms with Crippen molar-refractivity contribution in [1.29, 1.82) is 0 Å². The van der Waals surface area contributed by atoms with E-state index in [0.717, 1.165) is 6.29 Å². The highest BCUT2D eigenvalue weighted by Crippen LogP contribution is 2.11. The summed E-state index contributed by atoms with van der Waals surface area (Å²) in [6.07, 6.45) is 4.66. The van der Waals surface area contributed by atoms with Crippen LogP contribution in [-0.4, -0.2) is 48.3 Å². The van der Waals surface area contributed by atoms with E-state index in [1.54, 1.807) is 0 Å². The van der Waals surface area contributed by atoms with Gasteiger partial charge in [-0.1, -0.05) is 6.92 Å². The molecule has 3 atom stereocenters. The molecule has 0 aromatic heterocycles. The maximum atomic E-state index is 12.1. The summed E-state index contributed by atoms with van der Waals surface area (Å²) in [5.41, 5.74) is 5.83. The van der Waals surface area contributed by atoms with Crippen molar-refractivity contribution in [1.82, 2.24) is 10.6 Å². The van der Waals surface area contributed by atoms with Gasteiger partial charge in [0, 0.05) is 50.7 Å². The highest BCUT2D eigenvalue weighted by Gasteiger charge is 2.15. The zero-order valence-electron chi connectivity index (χ0n) is 18.0. The molecule has 0 radical (unpaired) electrons. The van der Waals surface area contributed by atoms with Crippen LogP contribution in [0.1, 0.15) is 78.6 Å². The van der Waals surface area contributed by atoms with Gasteiger partial charge in [0.1, 0.15) is 17.9 Å². The van der Waals surface area contributed by atoms with Gasteiger partial charge < -0.3 is 30.8 Å². The normalized spacial score (nSPS) is 13.8. The molecule has 0 heterocycles. The Balaban J connectivity index is 4.12. The van der Waals surface area contributed by atoms with Gasteiger partial charge in [-0.05, 0) is 45.4 Å². The molecule has 0 spiro atoms. The van der Waals surface area contributed by atoms with E-state index in [1.807, 2.05) is 6.92 Å². The van der Waals surface area contributed by atoms with E-state index in [1.165, 1.54) is 13.8 Å². The zero-order chi connectivity index (χ0) is 22.2. The highest BCUT2D eigenvalue weighted by atomic mass is 16.2. The summed E-state index contributed by atoms with van der Waals surface area (Å²) in [5.74, 6) is -0.0395. The van der Waals surface area contributed by atoms with Crippen LogP contribution in [0.15, 0.2) is 0 Å². The quantitative estimate of drug-likeness (QED) is 0.245. The first-order chi connectivity index (χ1) is 13.6. The second-order valence-electron chi connectivity index (χ2n) is 7.91. The maximum absolute atomic E-state index is 12.1.